The second-order valence-corrected chi connectivity index (χ2v) is 6.56. The molecule has 0 aliphatic heterocycles. The highest BCUT2D eigenvalue weighted by Crippen LogP contribution is 2.47. The normalized spacial score (nSPS) is 25.1. The zero-order valence-corrected chi connectivity index (χ0v) is 15.4. The summed E-state index contributed by atoms with van der Waals surface area (Å²) in [6.45, 7) is 2.64. The second kappa shape index (κ2) is 8.73. The summed E-state index contributed by atoms with van der Waals surface area (Å²) in [4.78, 5) is 11.6. The van der Waals surface area contributed by atoms with Crippen LogP contribution in [0.1, 0.15) is 42.1 Å². The van der Waals surface area contributed by atoms with E-state index in [1.165, 1.54) is 6.20 Å². The van der Waals surface area contributed by atoms with Crippen molar-refractivity contribution in [2.24, 2.45) is 23.2 Å². The Labute approximate surface area is 154 Å². The van der Waals surface area contributed by atoms with E-state index in [2.05, 4.69) is 17.7 Å². The molecule has 1 fully saturated rings. The van der Waals surface area contributed by atoms with Crippen LogP contribution in [0, 0.1) is 5.92 Å². The maximum absolute atomic E-state index is 11.6. The lowest BCUT2D eigenvalue weighted by molar-refractivity contribution is -0.0433. The number of benzene rings is 1. The van der Waals surface area contributed by atoms with Crippen molar-refractivity contribution in [2.45, 2.75) is 31.8 Å². The van der Waals surface area contributed by atoms with Crippen LogP contribution in [0.15, 0.2) is 47.9 Å². The summed E-state index contributed by atoms with van der Waals surface area (Å²) in [5.41, 5.74) is 16.1. The number of hydrogen-bond donors (Lipinski definition) is 5. The molecule has 1 aliphatic rings. The number of hydrogen-bond acceptors (Lipinski definition) is 6. The van der Waals surface area contributed by atoms with Gasteiger partial charge in [0.05, 0.1) is 12.2 Å². The molecule has 7 nitrogen and oxygen atoms in total. The molecule has 1 aromatic rings. The molecule has 0 saturated heterocycles. The Morgan fingerprint density at radius 3 is 2.85 bits per heavy atom. The molecule has 0 aromatic heterocycles. The minimum absolute atomic E-state index is 0.245. The Morgan fingerprint density at radius 1 is 1.46 bits per heavy atom. The molecule has 1 saturated carbocycles. The van der Waals surface area contributed by atoms with Gasteiger partial charge >= 0.3 is 0 Å². The molecule has 0 heterocycles. The number of carbonyl (C=O) groups is 1. The standard InChI is InChI=1S/C19H29N5O2/c1-13-5-3-8-16(11-23-12-17(10-20)24-22)19(13,26-2)15-7-4-6-14(9-15)18(21)25/h4,6-7,9-11,13,23-24H,3,5,8,12,20,22H2,1-2H3,(H2,21,25)/b16-11-,17-10-. The molecule has 0 bridgehead atoms. The smallest absolute Gasteiger partial charge is 0.248 e. The zero-order chi connectivity index (χ0) is 19.2. The Morgan fingerprint density at radius 2 is 2.23 bits per heavy atom. The van der Waals surface area contributed by atoms with Crippen LogP contribution in [0.5, 0.6) is 0 Å². The van der Waals surface area contributed by atoms with Gasteiger partial charge in [-0.1, -0.05) is 19.1 Å². The number of nitrogens with two attached hydrogens (primary N) is 3. The Hall–Kier alpha value is -2.51. The van der Waals surface area contributed by atoms with E-state index in [1.807, 2.05) is 24.4 Å². The van der Waals surface area contributed by atoms with E-state index in [0.717, 1.165) is 30.4 Å². The highest BCUT2D eigenvalue weighted by molar-refractivity contribution is 5.93. The van der Waals surface area contributed by atoms with Crippen molar-refractivity contribution in [3.63, 3.8) is 0 Å². The average molecular weight is 359 g/mol. The lowest BCUT2D eigenvalue weighted by Crippen LogP contribution is -2.41. The fraction of sp³-hybridized carbons (Fsp3) is 0.421. The predicted molar refractivity (Wildman–Crippen MR) is 102 cm³/mol. The number of hydrazine groups is 1. The molecule has 142 valence electrons. The lowest BCUT2D eigenvalue weighted by atomic mass is 9.69. The Balaban J connectivity index is 2.42. The monoisotopic (exact) mass is 359 g/mol. The third kappa shape index (κ3) is 3.84. The van der Waals surface area contributed by atoms with Crippen molar-refractivity contribution in [3.8, 4) is 0 Å². The van der Waals surface area contributed by atoms with E-state index in [9.17, 15) is 4.79 Å². The number of ether oxygens (including phenoxy) is 1. The summed E-state index contributed by atoms with van der Waals surface area (Å²) in [5, 5.41) is 3.25. The molecular weight excluding hydrogens is 330 g/mol. The van der Waals surface area contributed by atoms with Crippen LogP contribution in [0.25, 0.3) is 0 Å². The van der Waals surface area contributed by atoms with Crippen LogP contribution in [0.3, 0.4) is 0 Å². The number of carbonyl (C=O) groups excluding carboxylic acids is 1. The quantitative estimate of drug-likeness (QED) is 0.367. The van der Waals surface area contributed by atoms with Crippen LogP contribution in [-0.2, 0) is 10.3 Å². The Bertz CT molecular complexity index is 701. The van der Waals surface area contributed by atoms with Crippen molar-refractivity contribution >= 4 is 5.91 Å². The summed E-state index contributed by atoms with van der Waals surface area (Å²) >= 11 is 0. The molecular formula is C19H29N5O2. The van der Waals surface area contributed by atoms with Gasteiger partial charge < -0.3 is 26.9 Å². The molecule has 1 amide bonds. The molecule has 2 atom stereocenters. The molecule has 8 N–H and O–H groups in total. The van der Waals surface area contributed by atoms with Gasteiger partial charge in [-0.25, -0.2) is 0 Å². The van der Waals surface area contributed by atoms with Gasteiger partial charge in [-0.05, 0) is 54.6 Å². The van der Waals surface area contributed by atoms with Crippen molar-refractivity contribution in [2.75, 3.05) is 13.7 Å². The summed E-state index contributed by atoms with van der Waals surface area (Å²) in [6, 6.07) is 7.37. The van der Waals surface area contributed by atoms with Gasteiger partial charge in [0.2, 0.25) is 5.91 Å². The third-order valence-corrected chi connectivity index (χ3v) is 5.11. The molecule has 7 heteroatoms. The van der Waals surface area contributed by atoms with Crippen molar-refractivity contribution in [1.29, 1.82) is 0 Å². The molecule has 2 unspecified atom stereocenters. The largest absolute Gasteiger partial charge is 0.403 e. The molecule has 2 rings (SSSR count). The predicted octanol–water partition coefficient (Wildman–Crippen LogP) is 1.18. The first-order chi connectivity index (χ1) is 12.5. The highest BCUT2D eigenvalue weighted by atomic mass is 16.5. The highest BCUT2D eigenvalue weighted by Gasteiger charge is 2.44. The van der Waals surface area contributed by atoms with E-state index in [4.69, 9.17) is 22.0 Å². The Kier molecular flexibility index (Phi) is 6.65. The average Bonchev–Trinajstić information content (AvgIpc) is 2.66. The van der Waals surface area contributed by atoms with E-state index < -0.39 is 11.5 Å². The fourth-order valence-electron chi connectivity index (χ4n) is 3.75. The second-order valence-electron chi connectivity index (χ2n) is 6.56. The first-order valence-electron chi connectivity index (χ1n) is 8.75. The summed E-state index contributed by atoms with van der Waals surface area (Å²) in [5.74, 6) is 5.21. The van der Waals surface area contributed by atoms with Gasteiger partial charge in [-0.3, -0.25) is 10.6 Å². The first kappa shape index (κ1) is 19.8. The van der Waals surface area contributed by atoms with Gasteiger partial charge in [-0.15, -0.1) is 0 Å². The summed E-state index contributed by atoms with van der Waals surface area (Å²) in [7, 11) is 1.71. The molecule has 0 radical (unpaired) electrons. The minimum atomic E-state index is -0.612. The fourth-order valence-corrected chi connectivity index (χ4v) is 3.75. The maximum atomic E-state index is 11.6. The topological polar surface area (TPSA) is 128 Å². The van der Waals surface area contributed by atoms with E-state index >= 15 is 0 Å². The first-order valence-corrected chi connectivity index (χ1v) is 8.75. The van der Waals surface area contributed by atoms with Crippen LogP contribution in [0.4, 0.5) is 0 Å². The third-order valence-electron chi connectivity index (χ3n) is 5.11. The van der Waals surface area contributed by atoms with Gasteiger partial charge in [-0.2, -0.15) is 0 Å². The van der Waals surface area contributed by atoms with Crippen LogP contribution in [-0.4, -0.2) is 19.6 Å². The summed E-state index contributed by atoms with van der Waals surface area (Å²) in [6.07, 6.45) is 6.39. The number of amides is 1. The van der Waals surface area contributed by atoms with E-state index in [0.29, 0.717) is 17.8 Å². The van der Waals surface area contributed by atoms with Crippen molar-refractivity contribution in [3.05, 3.63) is 59.1 Å². The molecule has 1 aromatic carbocycles. The SMILES string of the molecule is COC1(c2cccc(C(N)=O)c2)/C(=C\NC/C(=C/N)NN)CCCC1C. The van der Waals surface area contributed by atoms with Gasteiger partial charge in [0.25, 0.3) is 0 Å². The van der Waals surface area contributed by atoms with Crippen LogP contribution < -0.4 is 28.1 Å². The maximum Gasteiger partial charge on any atom is 0.248 e. The zero-order valence-electron chi connectivity index (χ0n) is 15.4. The van der Waals surface area contributed by atoms with Gasteiger partial charge in [0, 0.05) is 18.9 Å². The number of methoxy groups -OCH3 is 1. The van der Waals surface area contributed by atoms with Crippen molar-refractivity contribution in [1.82, 2.24) is 10.7 Å². The van der Waals surface area contributed by atoms with Crippen LogP contribution in [0.2, 0.25) is 0 Å². The van der Waals surface area contributed by atoms with Gasteiger partial charge in [0.15, 0.2) is 0 Å². The van der Waals surface area contributed by atoms with E-state index in [-0.39, 0.29) is 5.92 Å². The number of primary amides is 1. The molecule has 26 heavy (non-hydrogen) atoms. The minimum Gasteiger partial charge on any atom is -0.403 e. The summed E-state index contributed by atoms with van der Waals surface area (Å²) < 4.78 is 6.09. The lowest BCUT2D eigenvalue weighted by Gasteiger charge is -2.44. The van der Waals surface area contributed by atoms with Crippen molar-refractivity contribution < 1.29 is 9.53 Å². The van der Waals surface area contributed by atoms with Gasteiger partial charge in [0.1, 0.15) is 5.60 Å². The molecule has 0 spiro atoms. The number of nitrogens with one attached hydrogen (secondary N) is 2. The van der Waals surface area contributed by atoms with Crippen LogP contribution >= 0.6 is 0 Å². The molecule has 1 aliphatic carbocycles. The number of rotatable bonds is 7. The van der Waals surface area contributed by atoms with E-state index in [1.54, 1.807) is 13.2 Å².